The maximum Gasteiger partial charge on any atom is 0.248 e. The molecule has 0 aliphatic carbocycles. The number of tetrazole rings is 1. The van der Waals surface area contributed by atoms with E-state index in [-0.39, 0.29) is 35.3 Å². The van der Waals surface area contributed by atoms with Crippen molar-refractivity contribution in [3.05, 3.63) is 30.3 Å². The molecular weight excluding hydrogens is 500 g/mol. The summed E-state index contributed by atoms with van der Waals surface area (Å²) in [5.41, 5.74) is 13.2. The molecular formula is C19H20N8O4S3. The standard InChI is InChI=1S/C19H20N8O4S3/c20-8-10-6-7-27(9-10)34(30,31)14-5-4-11(12-2-1-3-13-16(12)22-19(21)32-13)15(17(14)33(28)29)18-23-25-26-24-18/h1-5,10,33H,6-9,20H2,(H3-,21,22,23,24,25,26,28,29)/t10-/m0/s1. The monoisotopic (exact) mass is 520 g/mol. The lowest BCUT2D eigenvalue weighted by Gasteiger charge is -2.20. The molecule has 1 saturated heterocycles. The molecule has 1 aliphatic rings. The predicted octanol–water partition coefficient (Wildman–Crippen LogP) is 0.880. The van der Waals surface area contributed by atoms with E-state index in [0.29, 0.717) is 34.7 Å². The number of H-pyrrole nitrogens is 1. The van der Waals surface area contributed by atoms with Crippen molar-refractivity contribution in [2.75, 3.05) is 25.4 Å². The lowest BCUT2D eigenvalue weighted by molar-refractivity contribution is 0.455. The Morgan fingerprint density at radius 2 is 2.09 bits per heavy atom. The van der Waals surface area contributed by atoms with Crippen LogP contribution in [0.2, 0.25) is 0 Å². The highest BCUT2D eigenvalue weighted by atomic mass is 32.2. The first-order chi connectivity index (χ1) is 16.3. The van der Waals surface area contributed by atoms with Gasteiger partial charge in [0.2, 0.25) is 15.8 Å². The fraction of sp³-hybridized carbons (Fsp3) is 0.263. The molecule has 1 aliphatic heterocycles. The Bertz CT molecular complexity index is 1500. The summed E-state index contributed by atoms with van der Waals surface area (Å²) in [5, 5.41) is 14.1. The number of hydrogen-bond donors (Lipinski definition) is 3. The highest BCUT2D eigenvalue weighted by Gasteiger charge is 2.37. The molecule has 0 spiro atoms. The van der Waals surface area contributed by atoms with Gasteiger partial charge in [-0.15, -0.1) is 14.4 Å². The van der Waals surface area contributed by atoms with Crippen molar-refractivity contribution in [2.45, 2.75) is 16.2 Å². The van der Waals surface area contributed by atoms with Gasteiger partial charge in [0.25, 0.3) is 0 Å². The number of nitrogens with one attached hydrogen (secondary N) is 1. The van der Waals surface area contributed by atoms with Crippen LogP contribution in [-0.2, 0) is 25.3 Å². The first-order valence-electron chi connectivity index (χ1n) is 10.2. The number of fused-ring (bicyclic) bond motifs is 1. The Morgan fingerprint density at radius 1 is 1.26 bits per heavy atom. The number of aromatic nitrogens is 5. The van der Waals surface area contributed by atoms with Crippen LogP contribution in [0.5, 0.6) is 0 Å². The summed E-state index contributed by atoms with van der Waals surface area (Å²) in [4.78, 5) is 3.65. The second-order valence-electron chi connectivity index (χ2n) is 7.79. The third-order valence-corrected chi connectivity index (χ3v) is 9.56. The van der Waals surface area contributed by atoms with Crippen molar-refractivity contribution >= 4 is 47.8 Å². The van der Waals surface area contributed by atoms with E-state index in [9.17, 15) is 17.2 Å². The number of sulfonamides is 1. The number of para-hydroxylation sites is 1. The topological polar surface area (TPSA) is 197 Å². The zero-order valence-corrected chi connectivity index (χ0v) is 20.1. The van der Waals surface area contributed by atoms with Gasteiger partial charge in [-0.2, -0.15) is 9.52 Å². The van der Waals surface area contributed by atoms with Crippen LogP contribution in [0, 0.1) is 5.92 Å². The minimum absolute atomic E-state index is 0.0166. The highest BCUT2D eigenvalue weighted by Crippen LogP contribution is 2.42. The van der Waals surface area contributed by atoms with Gasteiger partial charge in [0.05, 0.1) is 26.9 Å². The van der Waals surface area contributed by atoms with Crippen LogP contribution in [0.15, 0.2) is 40.1 Å². The normalized spacial score (nSPS) is 18.0. The van der Waals surface area contributed by atoms with Crippen molar-refractivity contribution in [3.8, 4) is 22.5 Å². The summed E-state index contributed by atoms with van der Waals surface area (Å²) >= 11 is -2.09. The number of nitrogen functional groups attached to an aromatic ring is 1. The number of hydrogen-bond acceptors (Lipinski definition) is 11. The molecule has 1 fully saturated rings. The molecule has 178 valence electrons. The van der Waals surface area contributed by atoms with Gasteiger partial charge in [-0.05, 0) is 36.2 Å². The third kappa shape index (κ3) is 3.79. The van der Waals surface area contributed by atoms with Gasteiger partial charge in [0, 0.05) is 24.2 Å². The van der Waals surface area contributed by atoms with Crippen LogP contribution in [0.25, 0.3) is 32.7 Å². The van der Waals surface area contributed by atoms with Crippen LogP contribution in [0.1, 0.15) is 6.42 Å². The Kier molecular flexibility index (Phi) is 5.91. The lowest BCUT2D eigenvalue weighted by atomic mass is 9.98. The number of nitrogens with zero attached hydrogens (tertiary/aromatic N) is 5. The number of benzene rings is 2. The Labute approximate surface area is 200 Å². The zero-order valence-electron chi connectivity index (χ0n) is 17.6. The van der Waals surface area contributed by atoms with Crippen molar-refractivity contribution in [2.24, 2.45) is 11.7 Å². The van der Waals surface area contributed by atoms with Crippen LogP contribution in [-0.4, -0.2) is 62.5 Å². The van der Waals surface area contributed by atoms with E-state index < -0.39 is 26.0 Å². The van der Waals surface area contributed by atoms with Crippen molar-refractivity contribution in [3.63, 3.8) is 0 Å². The van der Waals surface area contributed by atoms with Crippen molar-refractivity contribution in [1.82, 2.24) is 29.9 Å². The number of thiazole rings is 1. The Balaban J connectivity index is 1.79. The van der Waals surface area contributed by atoms with Crippen LogP contribution in [0.4, 0.5) is 5.13 Å². The molecule has 0 bridgehead atoms. The number of rotatable bonds is 6. The fourth-order valence-corrected chi connectivity index (χ4v) is 7.82. The molecule has 0 radical (unpaired) electrons. The molecule has 5 rings (SSSR count). The predicted molar refractivity (Wildman–Crippen MR) is 127 cm³/mol. The molecule has 34 heavy (non-hydrogen) atoms. The molecule has 1 unspecified atom stereocenters. The summed E-state index contributed by atoms with van der Waals surface area (Å²) in [7, 11) is -4.13. The summed E-state index contributed by atoms with van der Waals surface area (Å²) in [6.45, 7) is 0.836. The smallest absolute Gasteiger partial charge is 0.248 e. The summed E-state index contributed by atoms with van der Waals surface area (Å²) in [6, 6.07) is 8.23. The Morgan fingerprint density at radius 3 is 2.76 bits per heavy atom. The van der Waals surface area contributed by atoms with Crippen molar-refractivity contribution < 1.29 is 17.2 Å². The summed E-state index contributed by atoms with van der Waals surface area (Å²) in [6.07, 6.45) is 0.609. The minimum atomic E-state index is -4.13. The molecule has 0 amide bonds. The van der Waals surface area contributed by atoms with Crippen LogP contribution < -0.4 is 11.5 Å². The highest BCUT2D eigenvalue weighted by molar-refractivity contribution is 7.90. The second kappa shape index (κ2) is 8.75. The lowest BCUT2D eigenvalue weighted by Crippen LogP contribution is -2.31. The number of anilines is 1. The number of aromatic amines is 1. The molecule has 4 aromatic rings. The largest absolute Gasteiger partial charge is 0.612 e. The van der Waals surface area contributed by atoms with E-state index in [0.717, 1.165) is 4.70 Å². The van der Waals surface area contributed by atoms with Gasteiger partial charge in [-0.3, -0.25) is 0 Å². The van der Waals surface area contributed by atoms with E-state index in [2.05, 4.69) is 25.6 Å². The average Bonchev–Trinajstić information content (AvgIpc) is 3.57. The third-order valence-electron chi connectivity index (χ3n) is 5.82. The van der Waals surface area contributed by atoms with Gasteiger partial charge in [0.1, 0.15) is 4.90 Å². The summed E-state index contributed by atoms with van der Waals surface area (Å²) < 4.78 is 54.3. The summed E-state index contributed by atoms with van der Waals surface area (Å²) in [5.74, 6) is -0.0365. The fourth-order valence-electron chi connectivity index (χ4n) is 4.21. The molecule has 2 aromatic heterocycles. The number of nitrogens with two attached hydrogens (primary N) is 2. The minimum Gasteiger partial charge on any atom is -0.612 e. The first-order valence-corrected chi connectivity index (χ1v) is 13.7. The molecule has 12 nitrogen and oxygen atoms in total. The van der Waals surface area contributed by atoms with E-state index in [4.69, 9.17) is 11.5 Å². The van der Waals surface area contributed by atoms with Crippen LogP contribution in [0.3, 0.4) is 0 Å². The van der Waals surface area contributed by atoms with Crippen molar-refractivity contribution in [1.29, 1.82) is 0 Å². The van der Waals surface area contributed by atoms with E-state index in [1.165, 1.54) is 21.7 Å². The van der Waals surface area contributed by atoms with Crippen LogP contribution >= 0.6 is 11.3 Å². The molecule has 15 heteroatoms. The first kappa shape index (κ1) is 22.9. The average molecular weight is 521 g/mol. The molecule has 0 saturated carbocycles. The number of thiol groups is 1. The SMILES string of the molecule is NC[C@@H]1CCN(S(=O)(=O)c2ccc(-c3cccc4sc(N)nc34)c(-c3nn[nH]n3)c2[SH+](=O)[O-])C1. The van der Waals surface area contributed by atoms with Gasteiger partial charge < -0.3 is 16.0 Å². The zero-order chi connectivity index (χ0) is 24.0. The Hall–Kier alpha value is -2.82. The molecule has 3 heterocycles. The molecule has 2 aromatic carbocycles. The van der Waals surface area contributed by atoms with Gasteiger partial charge >= 0.3 is 0 Å². The molecule has 2 atom stereocenters. The maximum absolute atomic E-state index is 13.5. The molecule has 5 N–H and O–H groups in total. The van der Waals surface area contributed by atoms with E-state index in [1.807, 2.05) is 6.07 Å². The van der Waals surface area contributed by atoms with Gasteiger partial charge in [-0.1, -0.05) is 29.5 Å². The van der Waals surface area contributed by atoms with E-state index >= 15 is 0 Å². The second-order valence-corrected chi connectivity index (χ2v) is 11.7. The van der Waals surface area contributed by atoms with E-state index in [1.54, 1.807) is 18.2 Å². The maximum atomic E-state index is 13.5. The quantitative estimate of drug-likeness (QED) is 0.242. The van der Waals surface area contributed by atoms with Gasteiger partial charge in [-0.25, -0.2) is 13.4 Å². The van der Waals surface area contributed by atoms with Gasteiger partial charge in [0.15, 0.2) is 10.0 Å².